The second-order valence-electron chi connectivity index (χ2n) is 9.62. The maximum atomic E-state index is 6.85. The third-order valence-electron chi connectivity index (χ3n) is 7.44. The van der Waals surface area contributed by atoms with Gasteiger partial charge in [-0.15, -0.1) is 0 Å². The van der Waals surface area contributed by atoms with Gasteiger partial charge in [-0.05, 0) is 35.2 Å². The second-order valence-corrected chi connectivity index (χ2v) is 9.62. The molecule has 0 unspecified atom stereocenters. The molecule has 178 valence electrons. The Kier molecular flexibility index (Phi) is 4.52. The number of hydrogen-bond donors (Lipinski definition) is 0. The van der Waals surface area contributed by atoms with E-state index in [1.165, 1.54) is 5.39 Å². The van der Waals surface area contributed by atoms with Gasteiger partial charge >= 0.3 is 0 Å². The van der Waals surface area contributed by atoms with Gasteiger partial charge in [0.2, 0.25) is 0 Å². The molecule has 0 bridgehead atoms. The van der Waals surface area contributed by atoms with E-state index < -0.39 is 0 Å². The lowest BCUT2D eigenvalue weighted by Crippen LogP contribution is -1.97. The molecule has 3 heteroatoms. The van der Waals surface area contributed by atoms with Gasteiger partial charge in [-0.25, -0.2) is 4.98 Å². The molecule has 0 aliphatic rings. The molecule has 8 aromatic rings. The molecule has 0 aliphatic heterocycles. The molecule has 3 aromatic heterocycles. The Labute approximate surface area is 219 Å². The molecule has 8 rings (SSSR count). The molecule has 0 saturated heterocycles. The van der Waals surface area contributed by atoms with Crippen molar-refractivity contribution in [1.82, 2.24) is 9.55 Å². The Morgan fingerprint density at radius 2 is 1.24 bits per heavy atom. The highest BCUT2D eigenvalue weighted by Gasteiger charge is 2.23. The quantitative estimate of drug-likeness (QED) is 0.249. The number of hydrogen-bond acceptors (Lipinski definition) is 2. The van der Waals surface area contributed by atoms with Crippen LogP contribution in [0.3, 0.4) is 0 Å². The predicted molar refractivity (Wildman–Crippen MR) is 157 cm³/mol. The number of pyridine rings is 1. The number of aromatic nitrogens is 2. The summed E-state index contributed by atoms with van der Waals surface area (Å²) in [6, 6.07) is 44.4. The van der Waals surface area contributed by atoms with E-state index in [0.29, 0.717) is 0 Å². The number of para-hydroxylation sites is 1. The Morgan fingerprint density at radius 3 is 2.05 bits per heavy atom. The van der Waals surface area contributed by atoms with Crippen LogP contribution in [0.1, 0.15) is 0 Å². The smallest absolute Gasteiger partial charge is 0.145 e. The van der Waals surface area contributed by atoms with Gasteiger partial charge in [0.25, 0.3) is 0 Å². The molecular weight excluding hydrogens is 464 g/mol. The van der Waals surface area contributed by atoms with E-state index in [1.807, 2.05) is 18.3 Å². The van der Waals surface area contributed by atoms with Crippen molar-refractivity contribution in [2.45, 2.75) is 0 Å². The van der Waals surface area contributed by atoms with Crippen LogP contribution in [0.5, 0.6) is 0 Å². The van der Waals surface area contributed by atoms with E-state index in [-0.39, 0.29) is 0 Å². The second kappa shape index (κ2) is 8.19. The summed E-state index contributed by atoms with van der Waals surface area (Å²) < 4.78 is 9.10. The summed E-state index contributed by atoms with van der Waals surface area (Å²) in [4.78, 5) is 4.88. The van der Waals surface area contributed by atoms with Crippen LogP contribution in [-0.4, -0.2) is 9.55 Å². The van der Waals surface area contributed by atoms with Crippen LogP contribution in [0.4, 0.5) is 0 Å². The number of furan rings is 1. The molecule has 0 saturated carbocycles. The van der Waals surface area contributed by atoms with Gasteiger partial charge < -0.3 is 4.42 Å². The monoisotopic (exact) mass is 486 g/mol. The molecule has 0 spiro atoms. The van der Waals surface area contributed by atoms with Crippen molar-refractivity contribution in [3.63, 3.8) is 0 Å². The van der Waals surface area contributed by atoms with Gasteiger partial charge in [0.05, 0.1) is 16.4 Å². The average molecular weight is 487 g/mol. The van der Waals surface area contributed by atoms with Crippen molar-refractivity contribution in [2.75, 3.05) is 0 Å². The lowest BCUT2D eigenvalue weighted by molar-refractivity contribution is 0.636. The number of nitrogens with zero attached hydrogens (tertiary/aromatic N) is 2. The Hall–Kier alpha value is -5.15. The van der Waals surface area contributed by atoms with Crippen molar-refractivity contribution < 1.29 is 4.42 Å². The number of benzene rings is 5. The minimum Gasteiger partial charge on any atom is -0.455 e. The first kappa shape index (κ1) is 21.0. The zero-order valence-corrected chi connectivity index (χ0v) is 20.5. The molecule has 5 aromatic carbocycles. The predicted octanol–water partition coefficient (Wildman–Crippen LogP) is 9.41. The molecule has 0 amide bonds. The highest BCUT2D eigenvalue weighted by Crippen LogP contribution is 2.45. The third kappa shape index (κ3) is 3.06. The molecular formula is C35H22N2O. The third-order valence-corrected chi connectivity index (χ3v) is 7.44. The summed E-state index contributed by atoms with van der Waals surface area (Å²) in [5.41, 5.74) is 6.41. The van der Waals surface area contributed by atoms with Gasteiger partial charge in [-0.1, -0.05) is 103 Å². The average Bonchev–Trinajstić information content (AvgIpc) is 3.54. The van der Waals surface area contributed by atoms with E-state index in [1.54, 1.807) is 0 Å². The highest BCUT2D eigenvalue weighted by atomic mass is 16.3. The van der Waals surface area contributed by atoms with Gasteiger partial charge in [-0.3, -0.25) is 4.57 Å². The Morgan fingerprint density at radius 1 is 0.553 bits per heavy atom. The molecule has 3 nitrogen and oxygen atoms in total. The van der Waals surface area contributed by atoms with Crippen molar-refractivity contribution in [3.8, 4) is 28.3 Å². The summed E-state index contributed by atoms with van der Waals surface area (Å²) in [5.74, 6) is 1.78. The molecule has 0 radical (unpaired) electrons. The van der Waals surface area contributed by atoms with Crippen molar-refractivity contribution in [2.24, 2.45) is 0 Å². The molecule has 0 aliphatic carbocycles. The van der Waals surface area contributed by atoms with Crippen LogP contribution in [0.2, 0.25) is 0 Å². The fourth-order valence-electron chi connectivity index (χ4n) is 5.73. The van der Waals surface area contributed by atoms with Crippen molar-refractivity contribution >= 4 is 43.5 Å². The van der Waals surface area contributed by atoms with Crippen LogP contribution in [0.15, 0.2) is 138 Å². The normalized spacial score (nSPS) is 11.7. The number of rotatable bonds is 3. The van der Waals surface area contributed by atoms with Crippen LogP contribution >= 0.6 is 0 Å². The number of fused-ring (bicyclic) bond motifs is 6. The lowest BCUT2D eigenvalue weighted by atomic mass is 9.98. The summed E-state index contributed by atoms with van der Waals surface area (Å²) >= 11 is 0. The van der Waals surface area contributed by atoms with E-state index in [0.717, 1.165) is 66.4 Å². The fraction of sp³-hybridized carbons (Fsp3) is 0. The summed E-state index contributed by atoms with van der Waals surface area (Å²) in [7, 11) is 0. The Bertz CT molecular complexity index is 2120. The summed E-state index contributed by atoms with van der Waals surface area (Å²) in [6.07, 6.45) is 1.96. The standard InChI is InChI=1S/C35H22N2O/c1-3-11-23(12-4-1)32-28-19-20-30-33(35(28)38-34(32)24-13-5-2-6-14-24)27-17-9-10-18-29(27)37(30)31-21-25-15-7-8-16-26(25)22-36-31/h1-22H. The molecule has 3 heterocycles. The highest BCUT2D eigenvalue weighted by molar-refractivity contribution is 6.22. The fourth-order valence-corrected chi connectivity index (χ4v) is 5.73. The van der Waals surface area contributed by atoms with Gasteiger partial charge in [-0.2, -0.15) is 0 Å². The van der Waals surface area contributed by atoms with Crippen LogP contribution < -0.4 is 0 Å². The van der Waals surface area contributed by atoms with Crippen molar-refractivity contribution in [3.05, 3.63) is 134 Å². The largest absolute Gasteiger partial charge is 0.455 e. The van der Waals surface area contributed by atoms with E-state index >= 15 is 0 Å². The van der Waals surface area contributed by atoms with Crippen LogP contribution in [-0.2, 0) is 0 Å². The Balaban J connectivity index is 1.51. The molecule has 0 fully saturated rings. The first-order chi connectivity index (χ1) is 18.9. The van der Waals surface area contributed by atoms with E-state index in [9.17, 15) is 0 Å². The summed E-state index contributed by atoms with van der Waals surface area (Å²) in [5, 5.41) is 5.66. The first-order valence-electron chi connectivity index (χ1n) is 12.8. The van der Waals surface area contributed by atoms with E-state index in [2.05, 4.69) is 120 Å². The van der Waals surface area contributed by atoms with Gasteiger partial charge in [0.15, 0.2) is 0 Å². The molecule has 0 N–H and O–H groups in total. The zero-order valence-electron chi connectivity index (χ0n) is 20.5. The molecule has 0 atom stereocenters. The topological polar surface area (TPSA) is 31.0 Å². The summed E-state index contributed by atoms with van der Waals surface area (Å²) in [6.45, 7) is 0. The van der Waals surface area contributed by atoms with Gasteiger partial charge in [0.1, 0.15) is 17.2 Å². The van der Waals surface area contributed by atoms with E-state index in [4.69, 9.17) is 9.40 Å². The first-order valence-corrected chi connectivity index (χ1v) is 12.8. The minimum atomic E-state index is 0.889. The zero-order chi connectivity index (χ0) is 25.1. The maximum Gasteiger partial charge on any atom is 0.145 e. The molecule has 38 heavy (non-hydrogen) atoms. The SMILES string of the molecule is c1ccc(-c2oc3c(ccc4c3c3ccccc3n4-c3cc4ccccc4cn3)c2-c2ccccc2)cc1. The van der Waals surface area contributed by atoms with Crippen LogP contribution in [0, 0.1) is 0 Å². The van der Waals surface area contributed by atoms with Crippen molar-refractivity contribution in [1.29, 1.82) is 0 Å². The van der Waals surface area contributed by atoms with Crippen LogP contribution in [0.25, 0.3) is 71.8 Å². The van der Waals surface area contributed by atoms with Gasteiger partial charge in [0, 0.05) is 33.5 Å². The lowest BCUT2D eigenvalue weighted by Gasteiger charge is -2.08. The minimum absolute atomic E-state index is 0.889. The maximum absolute atomic E-state index is 6.85.